The van der Waals surface area contributed by atoms with Crippen LogP contribution in [0.15, 0.2) is 5.57 Å². The van der Waals surface area contributed by atoms with Crippen LogP contribution in [-0.2, 0) is 24.1 Å². The Hall–Kier alpha value is -2.18. The second-order valence-electron chi connectivity index (χ2n) is 6.43. The van der Waals surface area contributed by atoms with Crippen LogP contribution in [0.5, 0.6) is 0 Å². The molecule has 26 heavy (non-hydrogen) atoms. The van der Waals surface area contributed by atoms with Gasteiger partial charge in [-0.15, -0.1) is 0 Å². The number of ether oxygens (including phenoxy) is 2. The van der Waals surface area contributed by atoms with E-state index in [1.807, 2.05) is 6.07 Å². The topological polar surface area (TPSA) is 111 Å². The van der Waals surface area contributed by atoms with Gasteiger partial charge in [0, 0.05) is 18.4 Å². The minimum absolute atomic E-state index is 0.0554. The smallest absolute Gasteiger partial charge is 0.349 e. The van der Waals surface area contributed by atoms with Crippen molar-refractivity contribution >= 4 is 21.9 Å². The predicted octanol–water partition coefficient (Wildman–Crippen LogP) is 1.34. The van der Waals surface area contributed by atoms with Crippen molar-refractivity contribution in [3.63, 3.8) is 0 Å². The average Bonchev–Trinajstić information content (AvgIpc) is 3.05. The van der Waals surface area contributed by atoms with Gasteiger partial charge in [-0.2, -0.15) is 10.4 Å². The molecule has 0 radical (unpaired) electrons. The second kappa shape index (κ2) is 8.01. The quantitative estimate of drug-likeness (QED) is 0.415. The number of aryl methyl sites for hydroxylation is 1. The van der Waals surface area contributed by atoms with Crippen molar-refractivity contribution in [2.75, 3.05) is 25.2 Å². The molecule has 1 saturated heterocycles. The number of rotatable bonds is 6. The van der Waals surface area contributed by atoms with E-state index in [0.717, 1.165) is 5.69 Å². The molecule has 1 aromatic rings. The number of aromatic nitrogens is 2. The first kappa shape index (κ1) is 20.1. The highest BCUT2D eigenvalue weighted by Crippen LogP contribution is 2.27. The van der Waals surface area contributed by atoms with Gasteiger partial charge in [0.05, 0.1) is 29.8 Å². The normalized spacial score (nSPS) is 20.6. The Balaban J connectivity index is 2.29. The number of hydrogen-bond acceptors (Lipinski definition) is 7. The van der Waals surface area contributed by atoms with Crippen molar-refractivity contribution in [3.05, 3.63) is 22.5 Å². The Morgan fingerprint density at radius 1 is 1.50 bits per heavy atom. The SMILES string of the molecule is COC[C@H](C)OC(=O)/C(C#N)=C/c1c(C)nn([C@@H]2CCS(=O)(=O)C2)c1C. The molecule has 0 N–H and O–H groups in total. The number of esters is 1. The average molecular weight is 381 g/mol. The number of methoxy groups -OCH3 is 1. The molecule has 9 heteroatoms. The van der Waals surface area contributed by atoms with E-state index < -0.39 is 21.9 Å². The van der Waals surface area contributed by atoms with Gasteiger partial charge in [0.25, 0.3) is 0 Å². The van der Waals surface area contributed by atoms with Crippen LogP contribution in [0.1, 0.15) is 36.3 Å². The molecule has 2 atom stereocenters. The van der Waals surface area contributed by atoms with Crippen LogP contribution >= 0.6 is 0 Å². The first-order chi connectivity index (χ1) is 12.2. The van der Waals surface area contributed by atoms with E-state index in [4.69, 9.17) is 9.47 Å². The number of hydrogen-bond donors (Lipinski definition) is 0. The molecular formula is C17H23N3O5S. The molecule has 1 aliphatic rings. The summed E-state index contributed by atoms with van der Waals surface area (Å²) in [6, 6.07) is 1.63. The number of carbonyl (C=O) groups excluding carboxylic acids is 1. The Bertz CT molecular complexity index is 864. The molecule has 0 aromatic carbocycles. The van der Waals surface area contributed by atoms with Crippen molar-refractivity contribution in [3.8, 4) is 6.07 Å². The molecule has 1 aromatic heterocycles. The zero-order chi connectivity index (χ0) is 19.5. The highest BCUT2D eigenvalue weighted by molar-refractivity contribution is 7.91. The molecule has 2 heterocycles. The number of sulfone groups is 1. The Kier molecular flexibility index (Phi) is 6.21. The fraction of sp³-hybridized carbons (Fsp3) is 0.588. The third-order valence-corrected chi connectivity index (χ3v) is 6.02. The van der Waals surface area contributed by atoms with Crippen LogP contribution in [0.4, 0.5) is 0 Å². The lowest BCUT2D eigenvalue weighted by atomic mass is 10.1. The van der Waals surface area contributed by atoms with E-state index in [9.17, 15) is 18.5 Å². The largest absolute Gasteiger partial charge is 0.456 e. The molecule has 1 fully saturated rings. The van der Waals surface area contributed by atoms with E-state index in [2.05, 4.69) is 5.10 Å². The van der Waals surface area contributed by atoms with E-state index in [1.165, 1.54) is 13.2 Å². The molecule has 142 valence electrons. The van der Waals surface area contributed by atoms with Crippen LogP contribution in [0.2, 0.25) is 0 Å². The fourth-order valence-corrected chi connectivity index (χ4v) is 4.70. The van der Waals surface area contributed by atoms with Crippen LogP contribution in [0.3, 0.4) is 0 Å². The molecule has 0 aliphatic carbocycles. The summed E-state index contributed by atoms with van der Waals surface area (Å²) in [5.41, 5.74) is 1.83. The van der Waals surface area contributed by atoms with Crippen molar-refractivity contribution in [2.45, 2.75) is 39.3 Å². The maximum atomic E-state index is 12.2. The van der Waals surface area contributed by atoms with Crippen molar-refractivity contribution < 1.29 is 22.7 Å². The molecule has 8 nitrogen and oxygen atoms in total. The lowest BCUT2D eigenvalue weighted by Crippen LogP contribution is -2.20. The van der Waals surface area contributed by atoms with Crippen molar-refractivity contribution in [1.82, 2.24) is 9.78 Å². The molecule has 0 spiro atoms. The van der Waals surface area contributed by atoms with Crippen LogP contribution in [0.25, 0.3) is 6.08 Å². The van der Waals surface area contributed by atoms with Gasteiger partial charge >= 0.3 is 5.97 Å². The third-order valence-electron chi connectivity index (χ3n) is 4.27. The minimum Gasteiger partial charge on any atom is -0.456 e. The van der Waals surface area contributed by atoms with Gasteiger partial charge in [0.2, 0.25) is 0 Å². The Morgan fingerprint density at radius 3 is 2.73 bits per heavy atom. The Labute approximate surface area is 153 Å². The fourth-order valence-electron chi connectivity index (χ4n) is 3.00. The second-order valence-corrected chi connectivity index (χ2v) is 8.66. The summed E-state index contributed by atoms with van der Waals surface area (Å²) in [6.07, 6.45) is 1.48. The van der Waals surface area contributed by atoms with Crippen LogP contribution in [0, 0.1) is 25.2 Å². The van der Waals surface area contributed by atoms with Gasteiger partial charge in [-0.25, -0.2) is 13.2 Å². The van der Waals surface area contributed by atoms with Gasteiger partial charge in [-0.1, -0.05) is 0 Å². The lowest BCUT2D eigenvalue weighted by molar-refractivity contribution is -0.145. The highest BCUT2D eigenvalue weighted by atomic mass is 32.2. The van der Waals surface area contributed by atoms with Gasteiger partial charge in [-0.05, 0) is 33.3 Å². The summed E-state index contributed by atoms with van der Waals surface area (Å²) in [4.78, 5) is 12.2. The number of carbonyl (C=O) groups is 1. The molecule has 0 unspecified atom stereocenters. The molecule has 0 saturated carbocycles. The summed E-state index contributed by atoms with van der Waals surface area (Å²) >= 11 is 0. The zero-order valence-electron chi connectivity index (χ0n) is 15.4. The minimum atomic E-state index is -3.04. The molecule has 2 rings (SSSR count). The lowest BCUT2D eigenvalue weighted by Gasteiger charge is -2.12. The molecule has 0 amide bonds. The standard InChI is InChI=1S/C17H23N3O5S/c1-11(9-24-4)25-17(21)14(8-18)7-16-12(2)19-20(13(16)3)15-5-6-26(22,23)10-15/h7,11,15H,5-6,9-10H2,1-4H3/b14-7+/t11-,15+/m0/s1. The predicted molar refractivity (Wildman–Crippen MR) is 95.0 cm³/mol. The maximum Gasteiger partial charge on any atom is 0.349 e. The zero-order valence-corrected chi connectivity index (χ0v) is 16.2. The molecule has 1 aliphatic heterocycles. The van der Waals surface area contributed by atoms with Gasteiger partial charge in [-0.3, -0.25) is 4.68 Å². The summed E-state index contributed by atoms with van der Waals surface area (Å²) < 4.78 is 35.2. The highest BCUT2D eigenvalue weighted by Gasteiger charge is 2.31. The van der Waals surface area contributed by atoms with Gasteiger partial charge in [0.1, 0.15) is 17.7 Å². The molecular weight excluding hydrogens is 358 g/mol. The first-order valence-corrected chi connectivity index (χ1v) is 10.1. The van der Waals surface area contributed by atoms with Crippen molar-refractivity contribution in [2.24, 2.45) is 0 Å². The van der Waals surface area contributed by atoms with E-state index in [-0.39, 0.29) is 29.7 Å². The first-order valence-electron chi connectivity index (χ1n) is 8.26. The summed E-state index contributed by atoms with van der Waals surface area (Å²) in [5.74, 6) is -0.527. The summed E-state index contributed by atoms with van der Waals surface area (Å²) in [6.45, 7) is 5.46. The Morgan fingerprint density at radius 2 is 2.19 bits per heavy atom. The monoisotopic (exact) mass is 381 g/mol. The number of nitrogens with zero attached hydrogens (tertiary/aromatic N) is 3. The van der Waals surface area contributed by atoms with E-state index in [0.29, 0.717) is 17.7 Å². The number of nitriles is 1. The van der Waals surface area contributed by atoms with E-state index >= 15 is 0 Å². The van der Waals surface area contributed by atoms with Crippen LogP contribution < -0.4 is 0 Å². The van der Waals surface area contributed by atoms with Gasteiger partial charge < -0.3 is 9.47 Å². The van der Waals surface area contributed by atoms with Crippen molar-refractivity contribution in [1.29, 1.82) is 5.26 Å². The van der Waals surface area contributed by atoms with E-state index in [1.54, 1.807) is 25.5 Å². The molecule has 0 bridgehead atoms. The van der Waals surface area contributed by atoms with Gasteiger partial charge in [0.15, 0.2) is 9.84 Å². The van der Waals surface area contributed by atoms with Crippen LogP contribution in [-0.4, -0.2) is 55.5 Å². The summed E-state index contributed by atoms with van der Waals surface area (Å²) in [7, 11) is -1.54. The maximum absolute atomic E-state index is 12.2. The third kappa shape index (κ3) is 4.51. The summed E-state index contributed by atoms with van der Waals surface area (Å²) in [5, 5.41) is 13.7.